The summed E-state index contributed by atoms with van der Waals surface area (Å²) < 4.78 is 5.54. The van der Waals surface area contributed by atoms with Crippen LogP contribution in [0.2, 0.25) is 0 Å². The summed E-state index contributed by atoms with van der Waals surface area (Å²) in [6, 6.07) is 13.0. The van der Waals surface area contributed by atoms with E-state index in [4.69, 9.17) is 4.42 Å². The molecule has 9 nitrogen and oxygen atoms in total. The van der Waals surface area contributed by atoms with E-state index in [2.05, 4.69) is 20.2 Å². The molecule has 0 aliphatic heterocycles. The minimum atomic E-state index is -0.489. The molecule has 0 fully saturated rings. The number of aromatic nitrogens is 4. The monoisotopic (exact) mass is 381 g/mol. The number of nitro groups is 1. The second kappa shape index (κ2) is 7.00. The van der Waals surface area contributed by atoms with Crippen LogP contribution < -0.4 is 5.56 Å². The molecular formula is C17H11N5O4S. The third kappa shape index (κ3) is 3.55. The number of fused-ring (bicyclic) bond motifs is 1. The van der Waals surface area contributed by atoms with Crippen molar-refractivity contribution in [1.82, 2.24) is 20.2 Å². The Kier molecular flexibility index (Phi) is 4.38. The normalized spacial score (nSPS) is 11.0. The van der Waals surface area contributed by atoms with Crippen LogP contribution in [0.15, 0.2) is 63.0 Å². The summed E-state index contributed by atoms with van der Waals surface area (Å²) in [7, 11) is 0. The zero-order valence-electron chi connectivity index (χ0n) is 13.7. The average molecular weight is 381 g/mol. The van der Waals surface area contributed by atoms with Gasteiger partial charge in [-0.3, -0.25) is 14.9 Å². The van der Waals surface area contributed by atoms with E-state index < -0.39 is 4.92 Å². The van der Waals surface area contributed by atoms with E-state index in [0.29, 0.717) is 28.0 Å². The highest BCUT2D eigenvalue weighted by Crippen LogP contribution is 2.27. The lowest BCUT2D eigenvalue weighted by Crippen LogP contribution is -2.11. The largest absolute Gasteiger partial charge is 0.411 e. The molecule has 0 aliphatic carbocycles. The van der Waals surface area contributed by atoms with Gasteiger partial charge in [0.25, 0.3) is 16.5 Å². The number of H-pyrrole nitrogens is 1. The topological polar surface area (TPSA) is 128 Å². The van der Waals surface area contributed by atoms with E-state index in [1.807, 2.05) is 6.07 Å². The number of para-hydroxylation sites is 1. The summed E-state index contributed by atoms with van der Waals surface area (Å²) in [5, 5.41) is 19.5. The van der Waals surface area contributed by atoms with E-state index >= 15 is 0 Å². The van der Waals surface area contributed by atoms with E-state index in [1.54, 1.807) is 30.3 Å². The molecule has 0 saturated heterocycles. The quantitative estimate of drug-likeness (QED) is 0.317. The molecule has 0 bridgehead atoms. The Labute approximate surface area is 155 Å². The van der Waals surface area contributed by atoms with Crippen molar-refractivity contribution in [3.63, 3.8) is 0 Å². The van der Waals surface area contributed by atoms with Crippen molar-refractivity contribution in [2.45, 2.75) is 11.0 Å². The molecule has 0 amide bonds. The van der Waals surface area contributed by atoms with Gasteiger partial charge in [-0.15, -0.1) is 10.2 Å². The molecular weight excluding hydrogens is 370 g/mol. The van der Waals surface area contributed by atoms with Crippen LogP contribution in [0.25, 0.3) is 22.4 Å². The van der Waals surface area contributed by atoms with Gasteiger partial charge in [-0.05, 0) is 18.2 Å². The Hall–Kier alpha value is -3.53. The molecule has 10 heteroatoms. The third-order valence-electron chi connectivity index (χ3n) is 3.70. The molecule has 0 unspecified atom stereocenters. The van der Waals surface area contributed by atoms with Crippen LogP contribution in [0.4, 0.5) is 5.69 Å². The Morgan fingerprint density at radius 3 is 2.85 bits per heavy atom. The summed E-state index contributed by atoms with van der Waals surface area (Å²) >= 11 is 1.21. The lowest BCUT2D eigenvalue weighted by Gasteiger charge is -2.01. The molecule has 0 saturated carbocycles. The molecule has 2 aromatic heterocycles. The zero-order valence-corrected chi connectivity index (χ0v) is 14.5. The van der Waals surface area contributed by atoms with E-state index in [0.717, 1.165) is 0 Å². The van der Waals surface area contributed by atoms with E-state index in [-0.39, 0.29) is 22.4 Å². The van der Waals surface area contributed by atoms with Crippen LogP contribution in [0, 0.1) is 10.1 Å². The molecule has 4 rings (SSSR count). The van der Waals surface area contributed by atoms with Gasteiger partial charge in [0.2, 0.25) is 5.89 Å². The average Bonchev–Trinajstić information content (AvgIpc) is 3.16. The summed E-state index contributed by atoms with van der Waals surface area (Å²) in [4.78, 5) is 29.6. The van der Waals surface area contributed by atoms with Crippen molar-refractivity contribution in [2.75, 3.05) is 0 Å². The van der Waals surface area contributed by atoms with Crippen LogP contribution in [0.3, 0.4) is 0 Å². The van der Waals surface area contributed by atoms with Crippen molar-refractivity contribution in [3.8, 4) is 11.5 Å². The van der Waals surface area contributed by atoms with Gasteiger partial charge >= 0.3 is 0 Å². The van der Waals surface area contributed by atoms with Gasteiger partial charge < -0.3 is 9.40 Å². The van der Waals surface area contributed by atoms with Crippen molar-refractivity contribution < 1.29 is 9.34 Å². The van der Waals surface area contributed by atoms with Gasteiger partial charge in [0.1, 0.15) is 5.82 Å². The minimum absolute atomic E-state index is 0.0576. The molecule has 0 aliphatic rings. The summed E-state index contributed by atoms with van der Waals surface area (Å²) in [6.07, 6.45) is 0. The first-order chi connectivity index (χ1) is 13.1. The number of aromatic amines is 1. The first-order valence-electron chi connectivity index (χ1n) is 7.79. The first-order valence-corrected chi connectivity index (χ1v) is 8.78. The molecule has 0 radical (unpaired) electrons. The molecule has 2 aromatic carbocycles. The molecule has 0 atom stereocenters. The van der Waals surface area contributed by atoms with Crippen LogP contribution >= 0.6 is 11.8 Å². The first kappa shape index (κ1) is 16.9. The Balaban J connectivity index is 1.53. The van der Waals surface area contributed by atoms with E-state index in [1.165, 1.54) is 23.9 Å². The predicted octanol–water partition coefficient (Wildman–Crippen LogP) is 3.17. The fraction of sp³-hybridized carbons (Fsp3) is 0.0588. The zero-order chi connectivity index (χ0) is 18.8. The summed E-state index contributed by atoms with van der Waals surface area (Å²) in [6.45, 7) is 0. The number of nitro benzene ring substituents is 1. The molecule has 4 aromatic rings. The Morgan fingerprint density at radius 2 is 2.00 bits per heavy atom. The molecule has 1 N–H and O–H groups in total. The molecule has 0 spiro atoms. The number of benzene rings is 2. The number of hydrogen-bond donors (Lipinski definition) is 1. The van der Waals surface area contributed by atoms with Crippen molar-refractivity contribution in [2.24, 2.45) is 0 Å². The van der Waals surface area contributed by atoms with Gasteiger partial charge in [-0.1, -0.05) is 30.0 Å². The maximum Gasteiger partial charge on any atom is 0.277 e. The van der Waals surface area contributed by atoms with Crippen molar-refractivity contribution >= 4 is 28.4 Å². The lowest BCUT2D eigenvalue weighted by molar-refractivity contribution is -0.384. The highest BCUT2D eigenvalue weighted by atomic mass is 32.2. The SMILES string of the molecule is O=c1[nH]c(CSc2nnc(-c3cccc([N+](=O)[O-])c3)o2)nc2ccccc12. The van der Waals surface area contributed by atoms with Crippen LogP contribution in [-0.2, 0) is 5.75 Å². The number of non-ortho nitro benzene ring substituents is 1. The fourth-order valence-electron chi connectivity index (χ4n) is 2.47. The third-order valence-corrected chi connectivity index (χ3v) is 4.53. The Morgan fingerprint density at radius 1 is 1.15 bits per heavy atom. The van der Waals surface area contributed by atoms with Gasteiger partial charge in [-0.2, -0.15) is 0 Å². The van der Waals surface area contributed by atoms with Crippen LogP contribution in [-0.4, -0.2) is 25.1 Å². The number of nitrogens with zero attached hydrogens (tertiary/aromatic N) is 4. The number of rotatable bonds is 5. The number of thioether (sulfide) groups is 1. The van der Waals surface area contributed by atoms with Crippen LogP contribution in [0.1, 0.15) is 5.82 Å². The van der Waals surface area contributed by atoms with Gasteiger partial charge in [-0.25, -0.2) is 4.98 Å². The standard InChI is InChI=1S/C17H11N5O4S/c23-15-12-6-1-2-7-13(12)18-14(19-15)9-27-17-21-20-16(26-17)10-4-3-5-11(8-10)22(24)25/h1-8H,9H2,(H,18,19,23). The van der Waals surface area contributed by atoms with E-state index in [9.17, 15) is 14.9 Å². The highest BCUT2D eigenvalue weighted by molar-refractivity contribution is 7.98. The van der Waals surface area contributed by atoms with Crippen molar-refractivity contribution in [1.29, 1.82) is 0 Å². The number of hydrogen-bond acceptors (Lipinski definition) is 8. The summed E-state index contributed by atoms with van der Waals surface area (Å²) in [5.41, 5.74) is 0.803. The maximum atomic E-state index is 12.1. The van der Waals surface area contributed by atoms with Gasteiger partial charge in [0.05, 0.1) is 21.6 Å². The van der Waals surface area contributed by atoms with Crippen molar-refractivity contribution in [3.05, 3.63) is 74.8 Å². The highest BCUT2D eigenvalue weighted by Gasteiger charge is 2.13. The molecule has 134 valence electrons. The minimum Gasteiger partial charge on any atom is -0.411 e. The smallest absolute Gasteiger partial charge is 0.277 e. The molecule has 27 heavy (non-hydrogen) atoms. The van der Waals surface area contributed by atoms with Gasteiger partial charge in [0.15, 0.2) is 0 Å². The predicted molar refractivity (Wildman–Crippen MR) is 98.3 cm³/mol. The molecule has 2 heterocycles. The van der Waals surface area contributed by atoms with Gasteiger partial charge in [0, 0.05) is 17.7 Å². The fourth-order valence-corrected chi connectivity index (χ4v) is 3.10. The maximum absolute atomic E-state index is 12.1. The van der Waals surface area contributed by atoms with Crippen LogP contribution in [0.5, 0.6) is 0 Å². The second-order valence-electron chi connectivity index (χ2n) is 5.50. The summed E-state index contributed by atoms with van der Waals surface area (Å²) in [5.74, 6) is 0.997. The lowest BCUT2D eigenvalue weighted by atomic mass is 10.2. The Bertz CT molecular complexity index is 1200. The number of nitrogens with one attached hydrogen (secondary N) is 1. The second-order valence-corrected chi connectivity index (χ2v) is 6.43.